The van der Waals surface area contributed by atoms with Crippen LogP contribution in [-0.2, 0) is 13.0 Å². The van der Waals surface area contributed by atoms with Gasteiger partial charge in [0.15, 0.2) is 11.0 Å². The Morgan fingerprint density at radius 3 is 2.14 bits per heavy atom. The van der Waals surface area contributed by atoms with E-state index < -0.39 is 0 Å². The van der Waals surface area contributed by atoms with Crippen LogP contribution in [0.15, 0.2) is 90.3 Å². The standard InChI is InChI=1S/C23H22N4S/c1-3-8-19(9-4-1)12-7-17-28-23-26-25-22(21-13-15-24-16-14-21)27(23)18-20-10-5-2-6-11-20/h1-6,8-11,13-16H,7,12,17-18H2. The van der Waals surface area contributed by atoms with Gasteiger partial charge in [0.1, 0.15) is 0 Å². The van der Waals surface area contributed by atoms with E-state index >= 15 is 0 Å². The molecule has 0 saturated heterocycles. The van der Waals surface area contributed by atoms with Crippen molar-refractivity contribution in [2.24, 2.45) is 0 Å². The highest BCUT2D eigenvalue weighted by Crippen LogP contribution is 2.25. The summed E-state index contributed by atoms with van der Waals surface area (Å²) in [6.45, 7) is 0.756. The molecule has 4 nitrogen and oxygen atoms in total. The number of hydrogen-bond donors (Lipinski definition) is 0. The second kappa shape index (κ2) is 9.33. The maximum Gasteiger partial charge on any atom is 0.191 e. The highest BCUT2D eigenvalue weighted by atomic mass is 32.2. The Labute approximate surface area is 169 Å². The zero-order valence-electron chi connectivity index (χ0n) is 15.6. The molecule has 4 rings (SSSR count). The number of pyridine rings is 1. The Balaban J connectivity index is 1.50. The van der Waals surface area contributed by atoms with Gasteiger partial charge in [-0.2, -0.15) is 0 Å². The molecule has 2 aromatic heterocycles. The Bertz CT molecular complexity index is 985. The van der Waals surface area contributed by atoms with Crippen molar-refractivity contribution in [2.45, 2.75) is 24.5 Å². The largest absolute Gasteiger partial charge is 0.298 e. The molecule has 5 heteroatoms. The molecule has 0 saturated carbocycles. The van der Waals surface area contributed by atoms with Gasteiger partial charge in [0.05, 0.1) is 6.54 Å². The molecule has 2 aromatic carbocycles. The van der Waals surface area contributed by atoms with Crippen LogP contribution in [0, 0.1) is 0 Å². The predicted molar refractivity (Wildman–Crippen MR) is 114 cm³/mol. The van der Waals surface area contributed by atoms with Gasteiger partial charge in [-0.1, -0.05) is 72.4 Å². The van der Waals surface area contributed by atoms with Crippen LogP contribution in [0.5, 0.6) is 0 Å². The molecule has 4 aromatic rings. The van der Waals surface area contributed by atoms with E-state index in [0.717, 1.165) is 41.7 Å². The molecule has 0 fully saturated rings. The quantitative estimate of drug-likeness (QED) is 0.312. The van der Waals surface area contributed by atoms with E-state index in [1.165, 1.54) is 11.1 Å². The lowest BCUT2D eigenvalue weighted by Gasteiger charge is -2.10. The van der Waals surface area contributed by atoms with Crippen molar-refractivity contribution in [1.29, 1.82) is 0 Å². The normalized spacial score (nSPS) is 10.9. The van der Waals surface area contributed by atoms with Gasteiger partial charge in [0.2, 0.25) is 0 Å². The topological polar surface area (TPSA) is 43.6 Å². The summed E-state index contributed by atoms with van der Waals surface area (Å²) in [7, 11) is 0. The summed E-state index contributed by atoms with van der Waals surface area (Å²) in [5.74, 6) is 1.90. The summed E-state index contributed by atoms with van der Waals surface area (Å²) in [6, 6.07) is 25.0. The highest BCUT2D eigenvalue weighted by Gasteiger charge is 2.14. The maximum atomic E-state index is 4.49. The Morgan fingerprint density at radius 1 is 0.750 bits per heavy atom. The van der Waals surface area contributed by atoms with Crippen LogP contribution in [-0.4, -0.2) is 25.5 Å². The van der Waals surface area contributed by atoms with E-state index in [2.05, 4.69) is 74.3 Å². The third-order valence-electron chi connectivity index (χ3n) is 4.52. The van der Waals surface area contributed by atoms with E-state index in [-0.39, 0.29) is 0 Å². The van der Waals surface area contributed by atoms with E-state index in [1.54, 1.807) is 24.2 Å². The van der Waals surface area contributed by atoms with Crippen molar-refractivity contribution >= 4 is 11.8 Å². The molecule has 0 unspecified atom stereocenters. The second-order valence-corrected chi connectivity index (χ2v) is 7.61. The molecule has 0 N–H and O–H groups in total. The summed E-state index contributed by atoms with van der Waals surface area (Å²) in [5.41, 5.74) is 3.66. The second-order valence-electron chi connectivity index (χ2n) is 6.55. The molecule has 0 atom stereocenters. The minimum absolute atomic E-state index is 0.756. The Morgan fingerprint density at radius 2 is 1.43 bits per heavy atom. The molecule has 0 amide bonds. The number of hydrogen-bond acceptors (Lipinski definition) is 4. The first-order chi connectivity index (χ1) is 13.9. The smallest absolute Gasteiger partial charge is 0.191 e. The third-order valence-corrected chi connectivity index (χ3v) is 5.58. The van der Waals surface area contributed by atoms with Crippen LogP contribution in [0.1, 0.15) is 17.5 Å². The van der Waals surface area contributed by atoms with E-state index in [4.69, 9.17) is 0 Å². The number of aromatic nitrogens is 4. The lowest BCUT2D eigenvalue weighted by molar-refractivity contribution is 0.714. The molecule has 28 heavy (non-hydrogen) atoms. The van der Waals surface area contributed by atoms with Crippen LogP contribution < -0.4 is 0 Å². The number of aryl methyl sites for hydroxylation is 1. The van der Waals surface area contributed by atoms with Gasteiger partial charge in [-0.05, 0) is 36.1 Å². The van der Waals surface area contributed by atoms with Crippen LogP contribution in [0.2, 0.25) is 0 Å². The van der Waals surface area contributed by atoms with Gasteiger partial charge in [0, 0.05) is 23.7 Å². The number of thioether (sulfide) groups is 1. The first-order valence-corrected chi connectivity index (χ1v) is 10.4. The lowest BCUT2D eigenvalue weighted by atomic mass is 10.1. The van der Waals surface area contributed by atoms with Crippen molar-refractivity contribution in [2.75, 3.05) is 5.75 Å². The summed E-state index contributed by atoms with van der Waals surface area (Å²) in [6.07, 6.45) is 5.78. The van der Waals surface area contributed by atoms with E-state index in [1.807, 2.05) is 18.2 Å². The third kappa shape index (κ3) is 4.67. The molecule has 0 bridgehead atoms. The minimum Gasteiger partial charge on any atom is -0.298 e. The number of rotatable bonds is 8. The van der Waals surface area contributed by atoms with Crippen molar-refractivity contribution in [3.63, 3.8) is 0 Å². The lowest BCUT2D eigenvalue weighted by Crippen LogP contribution is -2.04. The van der Waals surface area contributed by atoms with Gasteiger partial charge in [-0.3, -0.25) is 9.55 Å². The van der Waals surface area contributed by atoms with Gasteiger partial charge < -0.3 is 0 Å². The molecule has 140 valence electrons. The Kier molecular flexibility index (Phi) is 6.15. The predicted octanol–water partition coefficient (Wildman–Crippen LogP) is 5.11. The molecule has 0 aliphatic heterocycles. The Hall–Kier alpha value is -2.92. The van der Waals surface area contributed by atoms with Crippen molar-refractivity contribution in [1.82, 2.24) is 19.7 Å². The number of nitrogens with zero attached hydrogens (tertiary/aromatic N) is 4. The summed E-state index contributed by atoms with van der Waals surface area (Å²) < 4.78 is 2.21. The summed E-state index contributed by atoms with van der Waals surface area (Å²) >= 11 is 1.77. The van der Waals surface area contributed by atoms with Crippen molar-refractivity contribution in [3.8, 4) is 11.4 Å². The molecule has 0 aliphatic rings. The van der Waals surface area contributed by atoms with E-state index in [0.29, 0.717) is 0 Å². The highest BCUT2D eigenvalue weighted by molar-refractivity contribution is 7.99. The molecular weight excluding hydrogens is 364 g/mol. The molecule has 0 spiro atoms. The average molecular weight is 387 g/mol. The number of benzene rings is 2. The molecule has 0 aliphatic carbocycles. The van der Waals surface area contributed by atoms with Crippen LogP contribution >= 0.6 is 11.8 Å². The zero-order chi connectivity index (χ0) is 19.0. The fraction of sp³-hybridized carbons (Fsp3) is 0.174. The summed E-state index contributed by atoms with van der Waals surface area (Å²) in [5, 5.41) is 9.93. The van der Waals surface area contributed by atoms with Gasteiger partial charge in [-0.25, -0.2) is 0 Å². The maximum absolute atomic E-state index is 4.49. The minimum atomic E-state index is 0.756. The fourth-order valence-corrected chi connectivity index (χ4v) is 3.98. The van der Waals surface area contributed by atoms with Crippen molar-refractivity contribution in [3.05, 3.63) is 96.3 Å². The molecule has 0 radical (unpaired) electrons. The van der Waals surface area contributed by atoms with Crippen LogP contribution in [0.25, 0.3) is 11.4 Å². The van der Waals surface area contributed by atoms with Crippen LogP contribution in [0.4, 0.5) is 0 Å². The van der Waals surface area contributed by atoms with Crippen molar-refractivity contribution < 1.29 is 0 Å². The fourth-order valence-electron chi connectivity index (χ4n) is 3.10. The zero-order valence-corrected chi connectivity index (χ0v) is 16.4. The average Bonchev–Trinajstić information content (AvgIpc) is 3.16. The van der Waals surface area contributed by atoms with Gasteiger partial charge >= 0.3 is 0 Å². The van der Waals surface area contributed by atoms with Gasteiger partial charge in [0.25, 0.3) is 0 Å². The molecule has 2 heterocycles. The van der Waals surface area contributed by atoms with E-state index in [9.17, 15) is 0 Å². The first kappa shape index (κ1) is 18.4. The first-order valence-electron chi connectivity index (χ1n) is 9.44. The van der Waals surface area contributed by atoms with Gasteiger partial charge in [-0.15, -0.1) is 10.2 Å². The summed E-state index contributed by atoms with van der Waals surface area (Å²) in [4.78, 5) is 4.12. The monoisotopic (exact) mass is 386 g/mol. The molecular formula is C23H22N4S. The van der Waals surface area contributed by atoms with Crippen LogP contribution in [0.3, 0.4) is 0 Å². The SMILES string of the molecule is c1ccc(CCCSc2nnc(-c3ccncc3)n2Cc2ccccc2)cc1.